The smallest absolute Gasteiger partial charge is 0.184 e. The fourth-order valence-corrected chi connectivity index (χ4v) is 4.89. The summed E-state index contributed by atoms with van der Waals surface area (Å²) in [7, 11) is 2.11. The maximum atomic E-state index is 15.3. The monoisotopic (exact) mass is 523 g/mol. The summed E-state index contributed by atoms with van der Waals surface area (Å²) in [5.41, 5.74) is 11.2. The average Bonchev–Trinajstić information content (AvgIpc) is 2.79. The minimum absolute atomic E-state index is 0.0633. The van der Waals surface area contributed by atoms with Gasteiger partial charge in [-0.2, -0.15) is 5.10 Å². The van der Waals surface area contributed by atoms with Gasteiger partial charge in [0.2, 0.25) is 0 Å². The van der Waals surface area contributed by atoms with Crippen molar-refractivity contribution in [2.75, 3.05) is 74.1 Å². The summed E-state index contributed by atoms with van der Waals surface area (Å²) in [6, 6.07) is 9.01. The van der Waals surface area contributed by atoms with Gasteiger partial charge < -0.3 is 25.3 Å². The normalized spacial score (nSPS) is 17.5. The molecule has 2 aromatic rings. The first-order valence-corrected chi connectivity index (χ1v) is 12.3. The van der Waals surface area contributed by atoms with E-state index in [1.807, 2.05) is 18.2 Å². The second-order valence-corrected chi connectivity index (χ2v) is 9.80. The summed E-state index contributed by atoms with van der Waals surface area (Å²) >= 11 is 17.2. The number of thiocarbonyl (C=S) groups is 1. The number of hydrazone groups is 1. The maximum absolute atomic E-state index is 15.3. The van der Waals surface area contributed by atoms with Crippen molar-refractivity contribution >= 4 is 63.8 Å². The van der Waals surface area contributed by atoms with E-state index in [9.17, 15) is 0 Å². The average molecular weight is 524 g/mol. The van der Waals surface area contributed by atoms with Crippen LogP contribution < -0.4 is 25.9 Å². The predicted octanol–water partition coefficient (Wildman–Crippen LogP) is 3.38. The molecule has 2 aliphatic rings. The fraction of sp³-hybridized carbons (Fsp3) is 0.391. The van der Waals surface area contributed by atoms with Gasteiger partial charge in [0.15, 0.2) is 5.11 Å². The summed E-state index contributed by atoms with van der Waals surface area (Å²) in [6.45, 7) is 6.43. The zero-order valence-corrected chi connectivity index (χ0v) is 21.3. The van der Waals surface area contributed by atoms with E-state index in [2.05, 4.69) is 37.2 Å². The van der Waals surface area contributed by atoms with Crippen molar-refractivity contribution in [2.45, 2.75) is 0 Å². The molecule has 0 saturated carbocycles. The molecule has 182 valence electrons. The minimum atomic E-state index is -0.283. The lowest BCUT2D eigenvalue weighted by Gasteiger charge is -2.39. The number of nitrogens with one attached hydrogen (secondary N) is 1. The second kappa shape index (κ2) is 10.9. The Bertz CT molecular complexity index is 1050. The highest BCUT2D eigenvalue weighted by atomic mass is 35.5. The summed E-state index contributed by atoms with van der Waals surface area (Å²) < 4.78 is 15.3. The Morgan fingerprint density at radius 2 is 1.47 bits per heavy atom. The number of benzene rings is 2. The van der Waals surface area contributed by atoms with Gasteiger partial charge in [0.05, 0.1) is 11.9 Å². The van der Waals surface area contributed by atoms with Crippen LogP contribution in [0.4, 0.5) is 21.5 Å². The molecule has 2 heterocycles. The van der Waals surface area contributed by atoms with Crippen LogP contribution in [0.2, 0.25) is 10.0 Å². The molecule has 2 aliphatic heterocycles. The standard InChI is InChI=1S/C23H28Cl2FN7S/c1-30-2-4-32(5-3-30)21-14-22(20(26)10-16(21)15-28-29-23(27)34)33-8-6-31(7-9-33)19-12-17(24)11-18(25)13-19/h10-15H,2-9H2,1H3,(H3,27,29,34)/b28-15+. The summed E-state index contributed by atoms with van der Waals surface area (Å²) in [4.78, 5) is 8.86. The Kier molecular flexibility index (Phi) is 7.98. The molecular formula is C23H28Cl2FN7S. The van der Waals surface area contributed by atoms with E-state index in [1.165, 1.54) is 6.07 Å². The lowest BCUT2D eigenvalue weighted by molar-refractivity contribution is 0.313. The molecule has 0 amide bonds. The van der Waals surface area contributed by atoms with E-state index in [0.717, 1.165) is 50.6 Å². The van der Waals surface area contributed by atoms with Gasteiger partial charge in [-0.05, 0) is 49.6 Å². The van der Waals surface area contributed by atoms with Gasteiger partial charge in [0.1, 0.15) is 5.82 Å². The lowest BCUT2D eigenvalue weighted by Crippen LogP contribution is -2.47. The zero-order chi connectivity index (χ0) is 24.2. The van der Waals surface area contributed by atoms with Gasteiger partial charge in [0, 0.05) is 79.3 Å². The number of likely N-dealkylation sites (N-methyl/N-ethyl adjacent to an activating group) is 1. The number of hydrogen-bond acceptors (Lipinski definition) is 6. The molecule has 0 aliphatic carbocycles. The van der Waals surface area contributed by atoms with Crippen LogP contribution in [0.15, 0.2) is 35.4 Å². The first-order valence-electron chi connectivity index (χ1n) is 11.1. The topological polar surface area (TPSA) is 63.4 Å². The number of hydrogen-bond donors (Lipinski definition) is 2. The molecular weight excluding hydrogens is 496 g/mol. The minimum Gasteiger partial charge on any atom is -0.375 e. The van der Waals surface area contributed by atoms with Crippen LogP contribution in [0.3, 0.4) is 0 Å². The number of nitrogens with zero attached hydrogens (tertiary/aromatic N) is 5. The molecule has 34 heavy (non-hydrogen) atoms. The second-order valence-electron chi connectivity index (χ2n) is 8.49. The van der Waals surface area contributed by atoms with Gasteiger partial charge in [-0.1, -0.05) is 23.2 Å². The summed E-state index contributed by atoms with van der Waals surface area (Å²) in [5, 5.41) is 5.34. The van der Waals surface area contributed by atoms with Gasteiger partial charge in [-0.3, -0.25) is 5.43 Å². The van der Waals surface area contributed by atoms with Crippen LogP contribution in [0, 0.1) is 5.82 Å². The summed E-state index contributed by atoms with van der Waals surface area (Å²) in [5.74, 6) is -0.283. The zero-order valence-electron chi connectivity index (χ0n) is 19.0. The third kappa shape index (κ3) is 6.02. The third-order valence-corrected chi connectivity index (χ3v) is 6.68. The molecule has 0 aromatic heterocycles. The number of rotatable bonds is 5. The van der Waals surface area contributed by atoms with Crippen molar-refractivity contribution in [1.82, 2.24) is 10.3 Å². The van der Waals surface area contributed by atoms with Crippen molar-refractivity contribution in [3.8, 4) is 0 Å². The Labute approximate surface area is 214 Å². The van der Waals surface area contributed by atoms with Gasteiger partial charge in [-0.15, -0.1) is 0 Å². The predicted molar refractivity (Wildman–Crippen MR) is 145 cm³/mol. The van der Waals surface area contributed by atoms with E-state index in [-0.39, 0.29) is 10.9 Å². The Morgan fingerprint density at radius 1 is 0.912 bits per heavy atom. The molecule has 0 radical (unpaired) electrons. The van der Waals surface area contributed by atoms with E-state index >= 15 is 4.39 Å². The first-order chi connectivity index (χ1) is 16.3. The number of anilines is 3. The molecule has 0 atom stereocenters. The highest BCUT2D eigenvalue weighted by molar-refractivity contribution is 7.80. The van der Waals surface area contributed by atoms with E-state index in [0.29, 0.717) is 34.4 Å². The fourth-order valence-electron chi connectivity index (χ4n) is 4.33. The SMILES string of the molecule is CN1CCN(c2cc(N3CCN(c4cc(Cl)cc(Cl)c4)CC3)c(F)cc2/C=N/NC(N)=S)CC1. The number of piperazine rings is 2. The van der Waals surface area contributed by atoms with Crippen molar-refractivity contribution in [3.05, 3.63) is 51.8 Å². The van der Waals surface area contributed by atoms with Crippen molar-refractivity contribution in [2.24, 2.45) is 10.8 Å². The van der Waals surface area contributed by atoms with Crippen LogP contribution in [0.1, 0.15) is 5.56 Å². The third-order valence-electron chi connectivity index (χ3n) is 6.15. The molecule has 2 fully saturated rings. The van der Waals surface area contributed by atoms with Gasteiger partial charge >= 0.3 is 0 Å². The molecule has 7 nitrogen and oxygen atoms in total. The Balaban J connectivity index is 1.56. The maximum Gasteiger partial charge on any atom is 0.184 e. The van der Waals surface area contributed by atoms with Crippen LogP contribution in [-0.2, 0) is 0 Å². The molecule has 4 rings (SSSR count). The van der Waals surface area contributed by atoms with Crippen LogP contribution >= 0.6 is 35.4 Å². The van der Waals surface area contributed by atoms with Crippen LogP contribution in [-0.4, -0.2) is 75.6 Å². The van der Waals surface area contributed by atoms with Gasteiger partial charge in [0.25, 0.3) is 0 Å². The van der Waals surface area contributed by atoms with Crippen LogP contribution in [0.5, 0.6) is 0 Å². The highest BCUT2D eigenvalue weighted by Crippen LogP contribution is 2.32. The lowest BCUT2D eigenvalue weighted by atomic mass is 10.1. The molecule has 11 heteroatoms. The van der Waals surface area contributed by atoms with Crippen LogP contribution in [0.25, 0.3) is 0 Å². The number of nitrogens with two attached hydrogens (primary N) is 1. The van der Waals surface area contributed by atoms with Crippen molar-refractivity contribution in [3.63, 3.8) is 0 Å². The molecule has 0 spiro atoms. The quantitative estimate of drug-likeness (QED) is 0.353. The highest BCUT2D eigenvalue weighted by Gasteiger charge is 2.24. The molecule has 2 saturated heterocycles. The Hall–Kier alpha value is -2.33. The van der Waals surface area contributed by atoms with Crippen molar-refractivity contribution < 1.29 is 4.39 Å². The Morgan fingerprint density at radius 3 is 2.09 bits per heavy atom. The van der Waals surface area contributed by atoms with E-state index in [1.54, 1.807) is 12.3 Å². The van der Waals surface area contributed by atoms with E-state index in [4.69, 9.17) is 41.2 Å². The van der Waals surface area contributed by atoms with Crippen molar-refractivity contribution in [1.29, 1.82) is 0 Å². The first kappa shape index (κ1) is 24.8. The summed E-state index contributed by atoms with van der Waals surface area (Å²) in [6.07, 6.45) is 1.57. The van der Waals surface area contributed by atoms with Gasteiger partial charge in [-0.25, -0.2) is 4.39 Å². The van der Waals surface area contributed by atoms with E-state index < -0.39 is 0 Å². The number of halogens is 3. The largest absolute Gasteiger partial charge is 0.375 e. The molecule has 0 unspecified atom stereocenters. The molecule has 2 aromatic carbocycles. The molecule has 3 N–H and O–H groups in total. The molecule has 0 bridgehead atoms.